The summed E-state index contributed by atoms with van der Waals surface area (Å²) in [5.41, 5.74) is 5.75. The summed E-state index contributed by atoms with van der Waals surface area (Å²) in [5.74, 6) is 0.417. The van der Waals surface area contributed by atoms with Crippen LogP contribution in [0.4, 0.5) is 5.69 Å². The second-order valence-corrected chi connectivity index (χ2v) is 7.98. The molecule has 2 unspecified atom stereocenters. The molecule has 0 amide bonds. The normalized spacial score (nSPS) is 27.2. The first kappa shape index (κ1) is 14.7. The van der Waals surface area contributed by atoms with E-state index in [4.69, 9.17) is 5.73 Å². The van der Waals surface area contributed by atoms with Gasteiger partial charge in [0.2, 0.25) is 10.0 Å². The zero-order valence-corrected chi connectivity index (χ0v) is 12.8. The van der Waals surface area contributed by atoms with Crippen LogP contribution in [0.3, 0.4) is 0 Å². The summed E-state index contributed by atoms with van der Waals surface area (Å²) in [7, 11) is -3.53. The Labute approximate surface area is 125 Å². The number of nitrogens with zero attached hydrogens (tertiary/aromatic N) is 1. The Morgan fingerprint density at radius 1 is 1.14 bits per heavy atom. The second-order valence-electron chi connectivity index (χ2n) is 6.09. The van der Waals surface area contributed by atoms with E-state index < -0.39 is 10.0 Å². The van der Waals surface area contributed by atoms with Crippen molar-refractivity contribution in [1.82, 2.24) is 4.31 Å². The first-order valence-electron chi connectivity index (χ1n) is 7.60. The third-order valence-electron chi connectivity index (χ3n) is 4.80. The van der Waals surface area contributed by atoms with E-state index in [1.165, 1.54) is 24.6 Å². The van der Waals surface area contributed by atoms with Gasteiger partial charge in [-0.25, -0.2) is 8.42 Å². The van der Waals surface area contributed by atoms with Crippen LogP contribution in [0.1, 0.15) is 38.5 Å². The van der Waals surface area contributed by atoms with Crippen LogP contribution in [0.5, 0.6) is 5.75 Å². The molecule has 1 heterocycles. The van der Waals surface area contributed by atoms with Crippen molar-refractivity contribution >= 4 is 15.7 Å². The monoisotopic (exact) mass is 310 g/mol. The number of phenolic OH excluding ortho intramolecular Hbond substituents is 1. The standard InChI is InChI=1S/C15H22N2O3S/c16-13-10-12(7-8-15(13)18)21(19,20)17-9-3-5-11-4-1-2-6-14(11)17/h7-8,10-11,14,18H,1-6,9,16H2. The number of piperidine rings is 1. The number of hydrogen-bond acceptors (Lipinski definition) is 4. The lowest BCUT2D eigenvalue weighted by atomic mass is 9.79. The van der Waals surface area contributed by atoms with Crippen LogP contribution in [0.15, 0.2) is 23.1 Å². The Kier molecular flexibility index (Phi) is 3.84. The number of rotatable bonds is 2. The largest absolute Gasteiger partial charge is 0.506 e. The molecule has 0 spiro atoms. The molecule has 116 valence electrons. The number of fused-ring (bicyclic) bond motifs is 1. The summed E-state index contributed by atoms with van der Waals surface area (Å²) in [6, 6.07) is 4.28. The lowest BCUT2D eigenvalue weighted by molar-refractivity contribution is 0.129. The molecule has 2 fully saturated rings. The SMILES string of the molecule is Nc1cc(S(=O)(=O)N2CCCC3CCCCC32)ccc1O. The van der Waals surface area contributed by atoms with Gasteiger partial charge in [-0.15, -0.1) is 0 Å². The molecule has 3 N–H and O–H groups in total. The predicted molar refractivity (Wildman–Crippen MR) is 81.4 cm³/mol. The fourth-order valence-electron chi connectivity index (χ4n) is 3.71. The van der Waals surface area contributed by atoms with Crippen molar-refractivity contribution < 1.29 is 13.5 Å². The van der Waals surface area contributed by atoms with E-state index in [9.17, 15) is 13.5 Å². The number of hydrogen-bond donors (Lipinski definition) is 2. The number of sulfonamides is 1. The average molecular weight is 310 g/mol. The third kappa shape index (κ3) is 2.62. The summed E-state index contributed by atoms with van der Waals surface area (Å²) < 4.78 is 27.5. The minimum absolute atomic E-state index is 0.0804. The number of anilines is 1. The molecule has 1 saturated heterocycles. The zero-order chi connectivity index (χ0) is 15.0. The van der Waals surface area contributed by atoms with Crippen molar-refractivity contribution in [3.63, 3.8) is 0 Å². The number of benzene rings is 1. The maximum absolute atomic E-state index is 12.9. The zero-order valence-electron chi connectivity index (χ0n) is 12.0. The van der Waals surface area contributed by atoms with E-state index in [0.29, 0.717) is 12.5 Å². The minimum Gasteiger partial charge on any atom is -0.506 e. The highest BCUT2D eigenvalue weighted by Gasteiger charge is 2.39. The fourth-order valence-corrected chi connectivity index (χ4v) is 5.50. The lowest BCUT2D eigenvalue weighted by Crippen LogP contribution is -2.49. The van der Waals surface area contributed by atoms with Gasteiger partial charge < -0.3 is 10.8 Å². The van der Waals surface area contributed by atoms with E-state index in [1.807, 2.05) is 0 Å². The summed E-state index contributed by atoms with van der Waals surface area (Å²) in [4.78, 5) is 0.184. The van der Waals surface area contributed by atoms with Crippen molar-refractivity contribution in [2.75, 3.05) is 12.3 Å². The highest BCUT2D eigenvalue weighted by atomic mass is 32.2. The van der Waals surface area contributed by atoms with Crippen LogP contribution >= 0.6 is 0 Å². The van der Waals surface area contributed by atoms with Gasteiger partial charge in [-0.05, 0) is 49.8 Å². The van der Waals surface area contributed by atoms with E-state index in [1.54, 1.807) is 4.31 Å². The first-order chi connectivity index (χ1) is 10.00. The van der Waals surface area contributed by atoms with Gasteiger partial charge in [-0.1, -0.05) is 12.8 Å². The Hall–Kier alpha value is -1.27. The molecular weight excluding hydrogens is 288 g/mol. The second kappa shape index (κ2) is 5.50. The van der Waals surface area contributed by atoms with Gasteiger partial charge in [-0.2, -0.15) is 4.31 Å². The molecule has 0 aromatic heterocycles. The quantitative estimate of drug-likeness (QED) is 0.648. The van der Waals surface area contributed by atoms with Gasteiger partial charge in [0.1, 0.15) is 5.75 Å². The van der Waals surface area contributed by atoms with Crippen LogP contribution < -0.4 is 5.73 Å². The van der Waals surface area contributed by atoms with Crippen LogP contribution in [-0.4, -0.2) is 30.4 Å². The molecule has 1 aromatic rings. The third-order valence-corrected chi connectivity index (χ3v) is 6.72. The van der Waals surface area contributed by atoms with Crippen molar-refractivity contribution in [2.45, 2.75) is 49.5 Å². The molecule has 1 aliphatic carbocycles. The van der Waals surface area contributed by atoms with E-state index >= 15 is 0 Å². The molecule has 1 aromatic carbocycles. The Balaban J connectivity index is 1.94. The molecular formula is C15H22N2O3S. The fraction of sp³-hybridized carbons (Fsp3) is 0.600. The Morgan fingerprint density at radius 2 is 1.86 bits per heavy atom. The van der Waals surface area contributed by atoms with Crippen LogP contribution in [0.25, 0.3) is 0 Å². The number of phenols is 1. The number of nitrogen functional groups attached to an aromatic ring is 1. The molecule has 5 nitrogen and oxygen atoms in total. The van der Waals surface area contributed by atoms with Crippen molar-refractivity contribution in [1.29, 1.82) is 0 Å². The molecule has 6 heteroatoms. The first-order valence-corrected chi connectivity index (χ1v) is 9.04. The van der Waals surface area contributed by atoms with Gasteiger partial charge >= 0.3 is 0 Å². The van der Waals surface area contributed by atoms with Crippen LogP contribution in [0, 0.1) is 5.92 Å². The highest BCUT2D eigenvalue weighted by Crippen LogP contribution is 2.38. The maximum atomic E-state index is 12.9. The van der Waals surface area contributed by atoms with Gasteiger partial charge in [0.15, 0.2) is 0 Å². The average Bonchev–Trinajstić information content (AvgIpc) is 2.49. The van der Waals surface area contributed by atoms with E-state index in [2.05, 4.69) is 0 Å². The van der Waals surface area contributed by atoms with Crippen LogP contribution in [-0.2, 0) is 10.0 Å². The summed E-state index contributed by atoms with van der Waals surface area (Å²) >= 11 is 0. The molecule has 1 saturated carbocycles. The summed E-state index contributed by atoms with van der Waals surface area (Å²) in [5, 5.41) is 9.47. The summed E-state index contributed by atoms with van der Waals surface area (Å²) in [6.45, 7) is 0.588. The van der Waals surface area contributed by atoms with Gasteiger partial charge in [0.05, 0.1) is 10.6 Å². The molecule has 1 aliphatic heterocycles. The van der Waals surface area contributed by atoms with Gasteiger partial charge in [0.25, 0.3) is 0 Å². The smallest absolute Gasteiger partial charge is 0.243 e. The minimum atomic E-state index is -3.53. The number of nitrogens with two attached hydrogens (primary N) is 1. The highest BCUT2D eigenvalue weighted by molar-refractivity contribution is 7.89. The Morgan fingerprint density at radius 3 is 2.62 bits per heavy atom. The van der Waals surface area contributed by atoms with Crippen molar-refractivity contribution in [3.05, 3.63) is 18.2 Å². The Bertz CT molecular complexity index is 628. The van der Waals surface area contributed by atoms with E-state index in [0.717, 1.165) is 32.1 Å². The molecule has 2 atom stereocenters. The molecule has 0 radical (unpaired) electrons. The molecule has 0 bridgehead atoms. The van der Waals surface area contributed by atoms with E-state index in [-0.39, 0.29) is 22.4 Å². The van der Waals surface area contributed by atoms with Crippen LogP contribution in [0.2, 0.25) is 0 Å². The van der Waals surface area contributed by atoms with Crippen molar-refractivity contribution in [3.8, 4) is 5.75 Å². The lowest BCUT2D eigenvalue weighted by Gasteiger charge is -2.43. The summed E-state index contributed by atoms with van der Waals surface area (Å²) in [6.07, 6.45) is 6.46. The molecule has 3 rings (SSSR count). The predicted octanol–water partition coefficient (Wildman–Crippen LogP) is 2.32. The molecule has 21 heavy (non-hydrogen) atoms. The van der Waals surface area contributed by atoms with Gasteiger partial charge in [-0.3, -0.25) is 0 Å². The maximum Gasteiger partial charge on any atom is 0.243 e. The number of aromatic hydroxyl groups is 1. The van der Waals surface area contributed by atoms with Gasteiger partial charge in [0, 0.05) is 12.6 Å². The molecule has 2 aliphatic rings. The van der Waals surface area contributed by atoms with Crippen molar-refractivity contribution in [2.24, 2.45) is 5.92 Å². The topological polar surface area (TPSA) is 83.6 Å².